The fraction of sp³-hybridized carbons (Fsp3) is 0.469. The summed E-state index contributed by atoms with van der Waals surface area (Å²) in [6.07, 6.45) is 6.02. The van der Waals surface area contributed by atoms with Crippen molar-refractivity contribution in [1.82, 2.24) is 19.8 Å². The van der Waals surface area contributed by atoms with E-state index in [0.29, 0.717) is 18.5 Å². The molecule has 1 amide bonds. The lowest BCUT2D eigenvalue weighted by Crippen LogP contribution is -2.35. The Labute approximate surface area is 248 Å². The van der Waals surface area contributed by atoms with Crippen LogP contribution < -0.4 is 14.5 Å². The summed E-state index contributed by atoms with van der Waals surface area (Å²) < 4.78 is 5.48. The Bertz CT molecular complexity index is 1390. The van der Waals surface area contributed by atoms with E-state index in [2.05, 4.69) is 59.6 Å². The van der Waals surface area contributed by atoms with Gasteiger partial charge in [0.05, 0.1) is 24.4 Å². The fourth-order valence-electron chi connectivity index (χ4n) is 6.20. The van der Waals surface area contributed by atoms with Gasteiger partial charge in [-0.3, -0.25) is 4.79 Å². The summed E-state index contributed by atoms with van der Waals surface area (Å²) in [6.45, 7) is 10.1. The zero-order valence-electron chi connectivity index (χ0n) is 24.5. The number of halogens is 1. The SMILES string of the molecule is C=CC(=O)N1CCC(CN(C)c2nc(OC)nc3c2CCN(c2cccc4cccc(Cl)c24)C3)C1.CN1CCCC1. The van der Waals surface area contributed by atoms with Gasteiger partial charge in [-0.15, -0.1) is 0 Å². The van der Waals surface area contributed by atoms with E-state index < -0.39 is 0 Å². The third kappa shape index (κ3) is 6.60. The summed E-state index contributed by atoms with van der Waals surface area (Å²) in [5, 5.41) is 2.95. The number of aromatic nitrogens is 2. The molecule has 8 nitrogen and oxygen atoms in total. The predicted octanol–water partition coefficient (Wildman–Crippen LogP) is 5.04. The van der Waals surface area contributed by atoms with E-state index in [1.54, 1.807) is 7.11 Å². The number of hydrogen-bond donors (Lipinski definition) is 0. The van der Waals surface area contributed by atoms with E-state index in [9.17, 15) is 4.79 Å². The molecule has 1 atom stereocenters. The lowest BCUT2D eigenvalue weighted by atomic mass is 10.0. The summed E-state index contributed by atoms with van der Waals surface area (Å²) in [4.78, 5) is 30.2. The fourth-order valence-corrected chi connectivity index (χ4v) is 6.48. The first-order chi connectivity index (χ1) is 19.9. The van der Waals surface area contributed by atoms with Gasteiger partial charge in [0, 0.05) is 49.9 Å². The second-order valence-electron chi connectivity index (χ2n) is 11.3. The molecule has 0 spiro atoms. The Balaban J connectivity index is 0.000000500. The number of benzene rings is 2. The Morgan fingerprint density at radius 2 is 1.90 bits per heavy atom. The van der Waals surface area contributed by atoms with Gasteiger partial charge in [-0.1, -0.05) is 42.4 Å². The van der Waals surface area contributed by atoms with Gasteiger partial charge in [0.15, 0.2) is 0 Å². The minimum Gasteiger partial charge on any atom is -0.467 e. The highest BCUT2D eigenvalue weighted by Crippen LogP contribution is 2.37. The van der Waals surface area contributed by atoms with Gasteiger partial charge in [-0.05, 0) is 75.3 Å². The first kappa shape index (κ1) is 29.1. The molecule has 3 aliphatic rings. The van der Waals surface area contributed by atoms with Crippen molar-refractivity contribution >= 4 is 39.8 Å². The zero-order valence-corrected chi connectivity index (χ0v) is 25.2. The smallest absolute Gasteiger partial charge is 0.318 e. The molecule has 0 aliphatic carbocycles. The van der Waals surface area contributed by atoms with Crippen LogP contribution in [0.3, 0.4) is 0 Å². The van der Waals surface area contributed by atoms with Crippen molar-refractivity contribution in [3.8, 4) is 6.01 Å². The van der Waals surface area contributed by atoms with Crippen LogP contribution in [-0.4, -0.2) is 86.1 Å². The van der Waals surface area contributed by atoms with Gasteiger partial charge in [0.2, 0.25) is 5.91 Å². The van der Waals surface area contributed by atoms with Gasteiger partial charge >= 0.3 is 6.01 Å². The Kier molecular flexibility index (Phi) is 9.30. The molecule has 9 heteroatoms. The van der Waals surface area contributed by atoms with E-state index in [1.807, 2.05) is 17.0 Å². The average molecular weight is 577 g/mol. The van der Waals surface area contributed by atoms with Gasteiger partial charge in [-0.25, -0.2) is 0 Å². The quantitative estimate of drug-likeness (QED) is 0.381. The Morgan fingerprint density at radius 3 is 2.59 bits per heavy atom. The second-order valence-corrected chi connectivity index (χ2v) is 11.7. The van der Waals surface area contributed by atoms with Gasteiger partial charge in [0.25, 0.3) is 0 Å². The molecule has 1 aromatic heterocycles. The number of fused-ring (bicyclic) bond motifs is 2. The van der Waals surface area contributed by atoms with Crippen LogP contribution in [0.1, 0.15) is 30.5 Å². The summed E-state index contributed by atoms with van der Waals surface area (Å²) in [5.41, 5.74) is 3.25. The number of methoxy groups -OCH3 is 1. The molecule has 2 aromatic carbocycles. The number of hydrogen-bond acceptors (Lipinski definition) is 7. The number of rotatable bonds is 6. The predicted molar refractivity (Wildman–Crippen MR) is 167 cm³/mol. The third-order valence-corrected chi connectivity index (χ3v) is 8.69. The molecule has 0 saturated carbocycles. The number of ether oxygens (including phenoxy) is 1. The molecule has 4 heterocycles. The van der Waals surface area contributed by atoms with Crippen molar-refractivity contribution < 1.29 is 9.53 Å². The maximum absolute atomic E-state index is 12.0. The average Bonchev–Trinajstić information content (AvgIpc) is 3.67. The van der Waals surface area contributed by atoms with Gasteiger partial charge in [-0.2, -0.15) is 9.97 Å². The number of carbonyl (C=O) groups excluding carboxylic acids is 1. The molecule has 6 rings (SSSR count). The Hall–Kier alpha value is -3.36. The second kappa shape index (κ2) is 13.1. The van der Waals surface area contributed by atoms with E-state index in [-0.39, 0.29) is 5.91 Å². The van der Waals surface area contributed by atoms with Crippen LogP contribution >= 0.6 is 11.6 Å². The van der Waals surface area contributed by atoms with Crippen molar-refractivity contribution in [1.29, 1.82) is 0 Å². The normalized spacial score (nSPS) is 18.6. The molecule has 41 heavy (non-hydrogen) atoms. The molecule has 2 saturated heterocycles. The van der Waals surface area contributed by atoms with Crippen molar-refractivity contribution in [2.24, 2.45) is 5.92 Å². The maximum Gasteiger partial charge on any atom is 0.318 e. The van der Waals surface area contributed by atoms with Gasteiger partial charge in [0.1, 0.15) is 5.82 Å². The lowest BCUT2D eigenvalue weighted by molar-refractivity contribution is -0.125. The number of likely N-dealkylation sites (tertiary alicyclic amines) is 2. The number of carbonyl (C=O) groups is 1. The molecule has 3 aliphatic heterocycles. The van der Waals surface area contributed by atoms with Crippen LogP contribution in [0.2, 0.25) is 5.02 Å². The number of amides is 1. The van der Waals surface area contributed by atoms with Gasteiger partial charge < -0.3 is 24.3 Å². The highest BCUT2D eigenvalue weighted by atomic mass is 35.5. The highest BCUT2D eigenvalue weighted by molar-refractivity contribution is 6.36. The lowest BCUT2D eigenvalue weighted by Gasteiger charge is -2.33. The van der Waals surface area contributed by atoms with Crippen LogP contribution in [-0.2, 0) is 17.8 Å². The molecule has 2 fully saturated rings. The largest absolute Gasteiger partial charge is 0.467 e. The molecule has 3 aromatic rings. The zero-order chi connectivity index (χ0) is 28.9. The molecular weight excluding hydrogens is 536 g/mol. The van der Waals surface area contributed by atoms with Crippen LogP contribution in [0.5, 0.6) is 6.01 Å². The minimum atomic E-state index is 0.00451. The first-order valence-corrected chi connectivity index (χ1v) is 14.9. The van der Waals surface area contributed by atoms with E-state index >= 15 is 0 Å². The maximum atomic E-state index is 12.0. The van der Waals surface area contributed by atoms with Crippen molar-refractivity contribution in [2.45, 2.75) is 32.2 Å². The van der Waals surface area contributed by atoms with Crippen molar-refractivity contribution in [3.05, 3.63) is 65.3 Å². The molecule has 218 valence electrons. The number of nitrogens with zero attached hydrogens (tertiary/aromatic N) is 6. The van der Waals surface area contributed by atoms with E-state index in [4.69, 9.17) is 26.3 Å². The standard InChI is InChI=1S/C27H30ClN5O2.C5H11N/c1-4-24(34)33-13-11-18(16-33)15-31(2)26-20-12-14-32(17-22(20)29-27(30-26)35-3)23-10-6-8-19-7-5-9-21(28)25(19)23;1-6-4-2-3-5-6/h4-10,18H,1,11-17H2,2-3H3;2-5H2,1H3. The summed E-state index contributed by atoms with van der Waals surface area (Å²) in [5.74, 6) is 1.30. The molecular formula is C32H41ClN6O2. The van der Waals surface area contributed by atoms with Crippen LogP contribution in [0, 0.1) is 5.92 Å². The van der Waals surface area contributed by atoms with Crippen LogP contribution in [0.25, 0.3) is 10.8 Å². The minimum absolute atomic E-state index is 0.00451. The van der Waals surface area contributed by atoms with E-state index in [0.717, 1.165) is 77.6 Å². The third-order valence-electron chi connectivity index (χ3n) is 8.37. The summed E-state index contributed by atoms with van der Waals surface area (Å²) in [7, 11) is 5.84. The highest BCUT2D eigenvalue weighted by Gasteiger charge is 2.29. The molecule has 1 unspecified atom stereocenters. The van der Waals surface area contributed by atoms with E-state index in [1.165, 1.54) is 32.0 Å². The van der Waals surface area contributed by atoms with Crippen molar-refractivity contribution in [2.75, 3.05) is 70.3 Å². The number of anilines is 2. The molecule has 0 radical (unpaired) electrons. The molecule has 0 N–H and O–H groups in total. The van der Waals surface area contributed by atoms with Crippen LogP contribution in [0.4, 0.5) is 11.5 Å². The first-order valence-electron chi connectivity index (χ1n) is 14.5. The summed E-state index contributed by atoms with van der Waals surface area (Å²) >= 11 is 6.61. The Morgan fingerprint density at radius 1 is 1.15 bits per heavy atom. The topological polar surface area (TPSA) is 65.0 Å². The summed E-state index contributed by atoms with van der Waals surface area (Å²) in [6, 6.07) is 12.7. The van der Waals surface area contributed by atoms with Crippen molar-refractivity contribution in [3.63, 3.8) is 0 Å². The molecule has 0 bridgehead atoms. The monoisotopic (exact) mass is 576 g/mol. The van der Waals surface area contributed by atoms with Crippen LogP contribution in [0.15, 0.2) is 49.1 Å².